The van der Waals surface area contributed by atoms with Crippen LogP contribution in [0.25, 0.3) is 0 Å². The van der Waals surface area contributed by atoms with Crippen molar-refractivity contribution in [3.63, 3.8) is 0 Å². The Labute approximate surface area is 165 Å². The lowest BCUT2D eigenvalue weighted by Crippen LogP contribution is -2.48. The number of hydrogen-bond donors (Lipinski definition) is 0. The van der Waals surface area contributed by atoms with E-state index in [1.165, 1.54) is 5.56 Å². The first kappa shape index (κ1) is 18.5. The van der Waals surface area contributed by atoms with E-state index in [4.69, 9.17) is 4.74 Å². The molecule has 1 aromatic heterocycles. The zero-order valence-electron chi connectivity index (χ0n) is 16.7. The van der Waals surface area contributed by atoms with E-state index in [1.54, 1.807) is 18.3 Å². The van der Waals surface area contributed by atoms with Gasteiger partial charge in [0.25, 0.3) is 0 Å². The maximum atomic E-state index is 12.0. The summed E-state index contributed by atoms with van der Waals surface area (Å²) >= 11 is 0. The molecule has 2 saturated heterocycles. The fourth-order valence-corrected chi connectivity index (χ4v) is 4.09. The molecule has 1 amide bonds. The molecule has 2 aliphatic rings. The molecule has 0 bridgehead atoms. The van der Waals surface area contributed by atoms with Gasteiger partial charge in [-0.2, -0.15) is 0 Å². The molecule has 0 aliphatic carbocycles. The van der Waals surface area contributed by atoms with Gasteiger partial charge in [-0.25, -0.2) is 9.97 Å². The third-order valence-electron chi connectivity index (χ3n) is 5.88. The van der Waals surface area contributed by atoms with Crippen molar-refractivity contribution in [1.29, 1.82) is 0 Å². The first-order valence-corrected chi connectivity index (χ1v) is 9.76. The summed E-state index contributed by atoms with van der Waals surface area (Å²) in [5.41, 5.74) is 1.33. The van der Waals surface area contributed by atoms with E-state index in [1.807, 2.05) is 30.1 Å². The minimum absolute atomic E-state index is 0.125. The third-order valence-corrected chi connectivity index (χ3v) is 5.88. The predicted octanol–water partition coefficient (Wildman–Crippen LogP) is 2.15. The number of rotatable bonds is 4. The lowest BCUT2D eigenvalue weighted by molar-refractivity contribution is -0.129. The third kappa shape index (κ3) is 3.61. The SMILES string of the molecule is COc1ccc(C2CC(C)N(c3cc(N4CCN(C)C(=O)C4)ncn3)C2)cc1. The quantitative estimate of drug-likeness (QED) is 0.809. The molecular weight excluding hydrogens is 354 g/mol. The second-order valence-corrected chi connectivity index (χ2v) is 7.68. The van der Waals surface area contributed by atoms with Crippen LogP contribution in [-0.4, -0.2) is 67.2 Å². The number of aromatic nitrogens is 2. The van der Waals surface area contributed by atoms with E-state index in [0.717, 1.165) is 43.4 Å². The van der Waals surface area contributed by atoms with Gasteiger partial charge in [0.05, 0.1) is 13.7 Å². The van der Waals surface area contributed by atoms with E-state index in [0.29, 0.717) is 18.5 Å². The van der Waals surface area contributed by atoms with E-state index in [-0.39, 0.29) is 5.91 Å². The standard InChI is InChI=1S/C21H27N5O2/c1-15-10-17(16-4-6-18(28-3)7-5-16)12-26(15)20-11-19(22-14-23-20)25-9-8-24(2)21(27)13-25/h4-7,11,14-15,17H,8-10,12-13H2,1-3H3. The van der Waals surface area contributed by atoms with Gasteiger partial charge in [-0.15, -0.1) is 0 Å². The Hall–Kier alpha value is -2.83. The van der Waals surface area contributed by atoms with Crippen molar-refractivity contribution >= 4 is 17.5 Å². The number of methoxy groups -OCH3 is 1. The Balaban J connectivity index is 1.50. The summed E-state index contributed by atoms with van der Waals surface area (Å²) in [5, 5.41) is 0. The average molecular weight is 381 g/mol. The van der Waals surface area contributed by atoms with Crippen molar-refractivity contribution in [2.45, 2.75) is 25.3 Å². The highest BCUT2D eigenvalue weighted by Gasteiger charge is 2.31. The molecule has 0 N–H and O–H groups in total. The van der Waals surface area contributed by atoms with Crippen LogP contribution < -0.4 is 14.5 Å². The van der Waals surface area contributed by atoms with Gasteiger partial charge in [0.1, 0.15) is 23.7 Å². The topological polar surface area (TPSA) is 61.8 Å². The van der Waals surface area contributed by atoms with Crippen molar-refractivity contribution < 1.29 is 9.53 Å². The highest BCUT2D eigenvalue weighted by Crippen LogP contribution is 2.35. The molecule has 0 radical (unpaired) electrons. The fourth-order valence-electron chi connectivity index (χ4n) is 4.09. The zero-order valence-corrected chi connectivity index (χ0v) is 16.7. The highest BCUT2D eigenvalue weighted by atomic mass is 16.5. The monoisotopic (exact) mass is 381 g/mol. The van der Waals surface area contributed by atoms with Gasteiger partial charge in [-0.1, -0.05) is 12.1 Å². The van der Waals surface area contributed by atoms with E-state index >= 15 is 0 Å². The number of likely N-dealkylation sites (N-methyl/N-ethyl adjacent to an activating group) is 1. The molecule has 4 rings (SSSR count). The smallest absolute Gasteiger partial charge is 0.241 e. The maximum Gasteiger partial charge on any atom is 0.241 e. The van der Waals surface area contributed by atoms with Crippen LogP contribution in [0.2, 0.25) is 0 Å². The van der Waals surface area contributed by atoms with Crippen molar-refractivity contribution in [2.24, 2.45) is 0 Å². The van der Waals surface area contributed by atoms with Crippen molar-refractivity contribution in [2.75, 3.05) is 50.1 Å². The molecule has 2 unspecified atom stereocenters. The molecule has 1 aromatic carbocycles. The molecule has 7 nitrogen and oxygen atoms in total. The van der Waals surface area contributed by atoms with E-state index in [9.17, 15) is 4.79 Å². The predicted molar refractivity (Wildman–Crippen MR) is 109 cm³/mol. The van der Waals surface area contributed by atoms with E-state index < -0.39 is 0 Å². The van der Waals surface area contributed by atoms with Crippen molar-refractivity contribution in [1.82, 2.24) is 14.9 Å². The average Bonchev–Trinajstić information content (AvgIpc) is 3.12. The Morgan fingerprint density at radius 1 is 1.11 bits per heavy atom. The summed E-state index contributed by atoms with van der Waals surface area (Å²) in [7, 11) is 3.53. The van der Waals surface area contributed by atoms with Crippen molar-refractivity contribution in [3.8, 4) is 5.75 Å². The zero-order chi connectivity index (χ0) is 19.7. The molecule has 7 heteroatoms. The van der Waals surface area contributed by atoms with Crippen LogP contribution >= 0.6 is 0 Å². The molecule has 0 saturated carbocycles. The van der Waals surface area contributed by atoms with Crippen LogP contribution in [0, 0.1) is 0 Å². The van der Waals surface area contributed by atoms with Gasteiger partial charge in [0.2, 0.25) is 5.91 Å². The lowest BCUT2D eigenvalue weighted by Gasteiger charge is -2.33. The van der Waals surface area contributed by atoms with Crippen LogP contribution in [0.15, 0.2) is 36.7 Å². The molecular formula is C21H27N5O2. The number of piperazine rings is 1. The Kier molecular flexibility index (Phi) is 5.07. The Morgan fingerprint density at radius 2 is 1.86 bits per heavy atom. The molecule has 2 atom stereocenters. The Morgan fingerprint density at radius 3 is 2.57 bits per heavy atom. The number of ether oxygens (including phenoxy) is 1. The van der Waals surface area contributed by atoms with Crippen LogP contribution in [0.5, 0.6) is 5.75 Å². The van der Waals surface area contributed by atoms with Gasteiger partial charge >= 0.3 is 0 Å². The first-order chi connectivity index (χ1) is 13.5. The fraction of sp³-hybridized carbons (Fsp3) is 0.476. The van der Waals surface area contributed by atoms with Gasteiger partial charge in [0.15, 0.2) is 0 Å². The van der Waals surface area contributed by atoms with Gasteiger partial charge in [-0.05, 0) is 31.0 Å². The minimum atomic E-state index is 0.125. The van der Waals surface area contributed by atoms with Crippen LogP contribution in [0.3, 0.4) is 0 Å². The summed E-state index contributed by atoms with van der Waals surface area (Å²) in [6.07, 6.45) is 2.69. The largest absolute Gasteiger partial charge is 0.497 e. The van der Waals surface area contributed by atoms with Crippen molar-refractivity contribution in [3.05, 3.63) is 42.2 Å². The number of hydrogen-bond acceptors (Lipinski definition) is 6. The molecule has 148 valence electrons. The summed E-state index contributed by atoms with van der Waals surface area (Å²) in [4.78, 5) is 27.1. The lowest BCUT2D eigenvalue weighted by atomic mass is 9.97. The number of benzene rings is 1. The normalized spacial score (nSPS) is 22.7. The minimum Gasteiger partial charge on any atom is -0.497 e. The van der Waals surface area contributed by atoms with E-state index in [2.05, 4.69) is 33.9 Å². The number of carbonyl (C=O) groups excluding carboxylic acids is 1. The second kappa shape index (κ2) is 7.66. The summed E-state index contributed by atoms with van der Waals surface area (Å²) in [5.74, 6) is 3.23. The van der Waals surface area contributed by atoms with Gasteiger partial charge < -0.3 is 19.4 Å². The summed E-state index contributed by atoms with van der Waals surface area (Å²) < 4.78 is 5.27. The maximum absolute atomic E-state index is 12.0. The molecule has 3 heterocycles. The second-order valence-electron chi connectivity index (χ2n) is 7.68. The molecule has 2 fully saturated rings. The number of carbonyl (C=O) groups is 1. The van der Waals surface area contributed by atoms with Gasteiger partial charge in [-0.3, -0.25) is 4.79 Å². The first-order valence-electron chi connectivity index (χ1n) is 9.76. The molecule has 2 aliphatic heterocycles. The Bertz CT molecular complexity index is 841. The molecule has 0 spiro atoms. The number of anilines is 2. The molecule has 2 aromatic rings. The molecule has 28 heavy (non-hydrogen) atoms. The highest BCUT2D eigenvalue weighted by molar-refractivity contribution is 5.82. The van der Waals surface area contributed by atoms with Crippen LogP contribution in [0.1, 0.15) is 24.8 Å². The number of amides is 1. The summed E-state index contributed by atoms with van der Waals surface area (Å²) in [6.45, 7) is 5.05. The number of nitrogens with zero attached hydrogens (tertiary/aromatic N) is 5. The van der Waals surface area contributed by atoms with Crippen LogP contribution in [-0.2, 0) is 4.79 Å². The van der Waals surface area contributed by atoms with Gasteiger partial charge in [0, 0.05) is 44.7 Å². The summed E-state index contributed by atoms with van der Waals surface area (Å²) in [6, 6.07) is 10.8. The van der Waals surface area contributed by atoms with Crippen LogP contribution in [0.4, 0.5) is 11.6 Å².